The van der Waals surface area contributed by atoms with Gasteiger partial charge in [0.15, 0.2) is 0 Å². The molecule has 0 saturated heterocycles. The van der Waals surface area contributed by atoms with Crippen molar-refractivity contribution in [3.05, 3.63) is 72.2 Å². The molecule has 0 aliphatic heterocycles. The van der Waals surface area contributed by atoms with E-state index in [-0.39, 0.29) is 22.7 Å². The Labute approximate surface area is 187 Å². The first-order valence-electron chi connectivity index (χ1n) is 9.78. The van der Waals surface area contributed by atoms with Gasteiger partial charge in [-0.25, -0.2) is 4.79 Å². The molecule has 6 nitrogen and oxygen atoms in total. The van der Waals surface area contributed by atoms with Gasteiger partial charge >= 0.3 is 12.4 Å². The van der Waals surface area contributed by atoms with Crippen molar-refractivity contribution in [1.29, 1.82) is 0 Å². The highest BCUT2D eigenvalue weighted by Crippen LogP contribution is 2.35. The Bertz CT molecular complexity index is 1130. The van der Waals surface area contributed by atoms with E-state index in [1.807, 2.05) is 32.9 Å². The third kappa shape index (κ3) is 6.83. The summed E-state index contributed by atoms with van der Waals surface area (Å²) in [6, 6.07) is 13.4. The summed E-state index contributed by atoms with van der Waals surface area (Å²) in [5, 5.41) is 4.96. The summed E-state index contributed by atoms with van der Waals surface area (Å²) in [5.74, 6) is -0.934. The number of para-hydroxylation sites is 1. The van der Waals surface area contributed by atoms with E-state index in [1.165, 1.54) is 18.2 Å². The number of alkyl halides is 3. The van der Waals surface area contributed by atoms with E-state index in [1.54, 1.807) is 12.1 Å². The third-order valence-corrected chi connectivity index (χ3v) is 4.32. The van der Waals surface area contributed by atoms with Crippen LogP contribution in [0.15, 0.2) is 60.7 Å². The maximum Gasteiger partial charge on any atom is 0.573 e. The van der Waals surface area contributed by atoms with Crippen LogP contribution in [0.5, 0.6) is 17.4 Å². The molecular weight excluding hydrogens is 442 g/mol. The molecule has 0 atom stereocenters. The number of nitrogens with zero attached hydrogens (tertiary/aromatic N) is 1. The Kier molecular flexibility index (Phi) is 6.75. The number of halogens is 4. The SMILES string of the molecule is CC(C)(C)c1ccccc1Oc1nc(F)ccc1NC(=O)Nc1ccc(OC(F)(F)F)cc1. The van der Waals surface area contributed by atoms with Crippen LogP contribution in [0.1, 0.15) is 26.3 Å². The third-order valence-electron chi connectivity index (χ3n) is 4.32. The maximum absolute atomic E-state index is 13.8. The fourth-order valence-electron chi connectivity index (χ4n) is 2.89. The molecule has 0 unspecified atom stereocenters. The standard InChI is InChI=1S/C23H21F4N3O3/c1-22(2,3)16-6-4-5-7-18(16)32-20-17(12-13-19(24)30-20)29-21(31)28-14-8-10-15(11-9-14)33-23(25,26)27/h4-13H,1-3H3,(H2,28,29,31). The van der Waals surface area contributed by atoms with Crippen molar-refractivity contribution >= 4 is 17.4 Å². The van der Waals surface area contributed by atoms with Crippen LogP contribution in [0.25, 0.3) is 0 Å². The smallest absolute Gasteiger partial charge is 0.437 e. The summed E-state index contributed by atoms with van der Waals surface area (Å²) in [4.78, 5) is 16.1. The summed E-state index contributed by atoms with van der Waals surface area (Å²) >= 11 is 0. The minimum Gasteiger partial charge on any atom is -0.437 e. The zero-order chi connectivity index (χ0) is 24.2. The monoisotopic (exact) mass is 463 g/mol. The lowest BCUT2D eigenvalue weighted by Gasteiger charge is -2.22. The highest BCUT2D eigenvalue weighted by atomic mass is 19.4. The minimum absolute atomic E-state index is 0.0923. The molecule has 3 rings (SSSR count). The van der Waals surface area contributed by atoms with Crippen molar-refractivity contribution in [3.8, 4) is 17.4 Å². The second-order valence-corrected chi connectivity index (χ2v) is 7.99. The van der Waals surface area contributed by atoms with Crippen LogP contribution in [0.2, 0.25) is 0 Å². The number of nitrogens with one attached hydrogen (secondary N) is 2. The maximum atomic E-state index is 13.8. The molecule has 0 aliphatic rings. The Morgan fingerprint density at radius 3 is 2.21 bits per heavy atom. The zero-order valence-corrected chi connectivity index (χ0v) is 18.0. The molecule has 3 aromatic rings. The average Bonchev–Trinajstić information content (AvgIpc) is 2.70. The fraction of sp³-hybridized carbons (Fsp3) is 0.217. The molecule has 0 aliphatic carbocycles. The van der Waals surface area contributed by atoms with Gasteiger partial charge in [0.2, 0.25) is 11.8 Å². The first-order chi connectivity index (χ1) is 15.4. The van der Waals surface area contributed by atoms with E-state index < -0.39 is 24.1 Å². The Morgan fingerprint density at radius 2 is 1.58 bits per heavy atom. The highest BCUT2D eigenvalue weighted by Gasteiger charge is 2.31. The van der Waals surface area contributed by atoms with Gasteiger partial charge in [0.05, 0.1) is 0 Å². The Morgan fingerprint density at radius 1 is 0.909 bits per heavy atom. The lowest BCUT2D eigenvalue weighted by atomic mass is 9.86. The summed E-state index contributed by atoms with van der Waals surface area (Å²) in [7, 11) is 0. The number of amides is 2. The molecule has 174 valence electrons. The highest BCUT2D eigenvalue weighted by molar-refractivity contribution is 6.00. The number of ether oxygens (including phenoxy) is 2. The van der Waals surface area contributed by atoms with Crippen LogP contribution in [0.4, 0.5) is 33.7 Å². The van der Waals surface area contributed by atoms with Gasteiger partial charge < -0.3 is 20.1 Å². The molecule has 2 amide bonds. The summed E-state index contributed by atoms with van der Waals surface area (Å²) in [6.07, 6.45) is -4.82. The molecule has 0 fully saturated rings. The van der Waals surface area contributed by atoms with E-state index in [4.69, 9.17) is 4.74 Å². The molecule has 33 heavy (non-hydrogen) atoms. The van der Waals surface area contributed by atoms with Gasteiger partial charge in [-0.15, -0.1) is 13.2 Å². The number of rotatable bonds is 5. The van der Waals surface area contributed by atoms with Crippen molar-refractivity contribution in [2.45, 2.75) is 32.5 Å². The number of carbonyl (C=O) groups excluding carboxylic acids is 1. The normalized spacial score (nSPS) is 11.6. The molecule has 0 saturated carbocycles. The molecule has 2 aromatic carbocycles. The molecule has 2 N–H and O–H groups in total. The first-order valence-corrected chi connectivity index (χ1v) is 9.78. The van der Waals surface area contributed by atoms with Crippen LogP contribution < -0.4 is 20.1 Å². The van der Waals surface area contributed by atoms with E-state index >= 15 is 0 Å². The van der Waals surface area contributed by atoms with Crippen molar-refractivity contribution in [2.24, 2.45) is 0 Å². The van der Waals surface area contributed by atoms with E-state index in [0.29, 0.717) is 5.75 Å². The average molecular weight is 463 g/mol. The van der Waals surface area contributed by atoms with E-state index in [0.717, 1.165) is 23.8 Å². The van der Waals surface area contributed by atoms with Crippen LogP contribution in [0.3, 0.4) is 0 Å². The van der Waals surface area contributed by atoms with Gasteiger partial charge in [-0.1, -0.05) is 39.0 Å². The molecule has 0 radical (unpaired) electrons. The number of anilines is 2. The first kappa shape index (κ1) is 23.8. The van der Waals surface area contributed by atoms with Crippen LogP contribution in [-0.4, -0.2) is 17.4 Å². The second-order valence-electron chi connectivity index (χ2n) is 7.99. The number of pyridine rings is 1. The van der Waals surface area contributed by atoms with Gasteiger partial charge in [-0.05, 0) is 47.9 Å². The Balaban J connectivity index is 1.75. The van der Waals surface area contributed by atoms with E-state index in [2.05, 4.69) is 20.4 Å². The number of hydrogen-bond donors (Lipinski definition) is 2. The second kappa shape index (κ2) is 9.35. The molecule has 1 aromatic heterocycles. The molecule has 1 heterocycles. The number of aromatic nitrogens is 1. The summed E-state index contributed by atoms with van der Waals surface area (Å²) in [6.45, 7) is 5.98. The quantitative estimate of drug-likeness (QED) is 0.321. The zero-order valence-electron chi connectivity index (χ0n) is 18.0. The van der Waals surface area contributed by atoms with Crippen LogP contribution in [0, 0.1) is 5.95 Å². The van der Waals surface area contributed by atoms with Crippen molar-refractivity contribution in [1.82, 2.24) is 4.98 Å². The van der Waals surface area contributed by atoms with Crippen molar-refractivity contribution < 1.29 is 31.8 Å². The number of hydrogen-bond acceptors (Lipinski definition) is 4. The number of carbonyl (C=O) groups is 1. The summed E-state index contributed by atoms with van der Waals surface area (Å²) in [5.41, 5.74) is 0.886. The van der Waals surface area contributed by atoms with E-state index in [9.17, 15) is 22.4 Å². The van der Waals surface area contributed by atoms with Gasteiger partial charge in [-0.3, -0.25) is 0 Å². The topological polar surface area (TPSA) is 72.5 Å². The molecular formula is C23H21F4N3O3. The van der Waals surface area contributed by atoms with Gasteiger partial charge in [0.25, 0.3) is 0 Å². The summed E-state index contributed by atoms with van der Waals surface area (Å²) < 4.78 is 60.2. The lowest BCUT2D eigenvalue weighted by Crippen LogP contribution is -2.20. The Hall–Kier alpha value is -3.82. The number of benzene rings is 2. The minimum atomic E-state index is -4.82. The largest absolute Gasteiger partial charge is 0.573 e. The number of urea groups is 1. The molecule has 10 heteroatoms. The predicted octanol–water partition coefficient (Wildman–Crippen LogP) is 6.85. The fourth-order valence-corrected chi connectivity index (χ4v) is 2.89. The lowest BCUT2D eigenvalue weighted by molar-refractivity contribution is -0.274. The molecule has 0 bridgehead atoms. The molecule has 0 spiro atoms. The predicted molar refractivity (Wildman–Crippen MR) is 115 cm³/mol. The van der Waals surface area contributed by atoms with Gasteiger partial charge in [0, 0.05) is 11.3 Å². The van der Waals surface area contributed by atoms with Gasteiger partial charge in [0.1, 0.15) is 17.2 Å². The van der Waals surface area contributed by atoms with Crippen molar-refractivity contribution in [3.63, 3.8) is 0 Å². The van der Waals surface area contributed by atoms with Crippen LogP contribution in [-0.2, 0) is 5.41 Å². The van der Waals surface area contributed by atoms with Crippen molar-refractivity contribution in [2.75, 3.05) is 10.6 Å². The van der Waals surface area contributed by atoms with Crippen LogP contribution >= 0.6 is 0 Å². The van der Waals surface area contributed by atoms with Gasteiger partial charge in [-0.2, -0.15) is 9.37 Å².